The predicted octanol–water partition coefficient (Wildman–Crippen LogP) is 3.02. The molecule has 0 atom stereocenters. The van der Waals surface area contributed by atoms with Gasteiger partial charge in [0.25, 0.3) is 0 Å². The fourth-order valence-electron chi connectivity index (χ4n) is 1.80. The van der Waals surface area contributed by atoms with E-state index in [1.165, 1.54) is 12.0 Å². The van der Waals surface area contributed by atoms with Crippen molar-refractivity contribution in [2.45, 2.75) is 6.54 Å². The van der Waals surface area contributed by atoms with Gasteiger partial charge < -0.3 is 15.5 Å². The molecular weight excluding hydrogens is 226 g/mol. The number of rotatable bonds is 3. The quantitative estimate of drug-likeness (QED) is 0.689. The van der Waals surface area contributed by atoms with Gasteiger partial charge in [0.1, 0.15) is 5.52 Å². The van der Waals surface area contributed by atoms with Gasteiger partial charge in [-0.25, -0.2) is 4.98 Å². The molecule has 0 aliphatic carbocycles. The van der Waals surface area contributed by atoms with E-state index in [0.29, 0.717) is 0 Å². The van der Waals surface area contributed by atoms with Crippen LogP contribution >= 0.6 is 0 Å². The molecule has 3 rings (SSSR count). The van der Waals surface area contributed by atoms with Crippen molar-refractivity contribution in [1.29, 1.82) is 0 Å². The van der Waals surface area contributed by atoms with Crippen LogP contribution in [0.2, 0.25) is 0 Å². The number of hydrogen-bond acceptors (Lipinski definition) is 4. The highest BCUT2D eigenvalue weighted by molar-refractivity contribution is 5.76. The second-order valence-electron chi connectivity index (χ2n) is 4.13. The van der Waals surface area contributed by atoms with Crippen LogP contribution in [0.3, 0.4) is 0 Å². The van der Waals surface area contributed by atoms with E-state index in [9.17, 15) is 0 Å². The first-order valence-corrected chi connectivity index (χ1v) is 5.73. The molecular formula is C14H13N3O. The molecule has 1 aromatic heterocycles. The molecule has 0 aliphatic heterocycles. The number of oxazole rings is 1. The largest absolute Gasteiger partial charge is 0.443 e. The Morgan fingerprint density at radius 1 is 1.11 bits per heavy atom. The molecule has 0 aliphatic rings. The number of hydrogen-bond donors (Lipinski definition) is 2. The first-order valence-electron chi connectivity index (χ1n) is 5.73. The molecule has 0 amide bonds. The summed E-state index contributed by atoms with van der Waals surface area (Å²) in [5.74, 6) is 0. The van der Waals surface area contributed by atoms with Crippen LogP contribution in [0.5, 0.6) is 0 Å². The van der Waals surface area contributed by atoms with Crippen LogP contribution in [0, 0.1) is 0 Å². The lowest BCUT2D eigenvalue weighted by molar-refractivity contribution is 0.602. The SMILES string of the molecule is Nc1ccc(CNc2ccc3ncoc3c2)cc1. The average Bonchev–Trinajstić information content (AvgIpc) is 2.85. The summed E-state index contributed by atoms with van der Waals surface area (Å²) in [6, 6.07) is 13.7. The topological polar surface area (TPSA) is 64.1 Å². The number of aromatic nitrogens is 1. The van der Waals surface area contributed by atoms with Gasteiger partial charge in [-0.3, -0.25) is 0 Å². The molecule has 0 bridgehead atoms. The molecule has 4 nitrogen and oxygen atoms in total. The molecule has 4 heteroatoms. The van der Waals surface area contributed by atoms with E-state index < -0.39 is 0 Å². The molecule has 0 unspecified atom stereocenters. The van der Waals surface area contributed by atoms with Gasteiger partial charge in [-0.2, -0.15) is 0 Å². The van der Waals surface area contributed by atoms with E-state index in [0.717, 1.165) is 29.0 Å². The third-order valence-corrected chi connectivity index (χ3v) is 2.81. The van der Waals surface area contributed by atoms with Gasteiger partial charge in [0.2, 0.25) is 0 Å². The number of fused-ring (bicyclic) bond motifs is 1. The minimum atomic E-state index is 0.750. The Balaban J connectivity index is 1.74. The van der Waals surface area contributed by atoms with E-state index in [-0.39, 0.29) is 0 Å². The van der Waals surface area contributed by atoms with E-state index in [1.54, 1.807) is 0 Å². The Morgan fingerprint density at radius 3 is 2.78 bits per heavy atom. The number of benzene rings is 2. The van der Waals surface area contributed by atoms with Gasteiger partial charge in [-0.1, -0.05) is 12.1 Å². The smallest absolute Gasteiger partial charge is 0.181 e. The second kappa shape index (κ2) is 4.41. The van der Waals surface area contributed by atoms with E-state index in [2.05, 4.69) is 10.3 Å². The van der Waals surface area contributed by atoms with Gasteiger partial charge in [0.05, 0.1) is 0 Å². The summed E-state index contributed by atoms with van der Waals surface area (Å²) in [5.41, 5.74) is 10.3. The van der Waals surface area contributed by atoms with Crippen LogP contribution in [0.1, 0.15) is 5.56 Å². The first kappa shape index (κ1) is 10.7. The van der Waals surface area contributed by atoms with Crippen molar-refractivity contribution in [3.8, 4) is 0 Å². The highest BCUT2D eigenvalue weighted by Gasteiger charge is 2.00. The molecule has 0 fully saturated rings. The number of nitrogen functional groups attached to an aromatic ring is 1. The zero-order chi connectivity index (χ0) is 12.4. The minimum Gasteiger partial charge on any atom is -0.443 e. The van der Waals surface area contributed by atoms with Crippen LogP contribution in [-0.2, 0) is 6.54 Å². The fourth-order valence-corrected chi connectivity index (χ4v) is 1.80. The van der Waals surface area contributed by atoms with Crippen molar-refractivity contribution in [1.82, 2.24) is 4.98 Å². The molecule has 18 heavy (non-hydrogen) atoms. The van der Waals surface area contributed by atoms with Crippen molar-refractivity contribution < 1.29 is 4.42 Å². The summed E-state index contributed by atoms with van der Waals surface area (Å²) in [6.45, 7) is 0.750. The normalized spacial score (nSPS) is 10.7. The summed E-state index contributed by atoms with van der Waals surface area (Å²) in [5, 5.41) is 3.33. The second-order valence-corrected chi connectivity index (χ2v) is 4.13. The highest BCUT2D eigenvalue weighted by Crippen LogP contribution is 2.18. The van der Waals surface area contributed by atoms with E-state index in [4.69, 9.17) is 10.2 Å². The fraction of sp³-hybridized carbons (Fsp3) is 0.0714. The summed E-state index contributed by atoms with van der Waals surface area (Å²) in [4.78, 5) is 4.08. The van der Waals surface area contributed by atoms with Gasteiger partial charge in [-0.05, 0) is 29.8 Å². The Hall–Kier alpha value is -2.49. The number of nitrogens with two attached hydrogens (primary N) is 1. The number of anilines is 2. The Bertz CT molecular complexity index is 658. The van der Waals surface area contributed by atoms with Gasteiger partial charge in [-0.15, -0.1) is 0 Å². The standard InChI is InChI=1S/C14H13N3O/c15-11-3-1-10(2-4-11)8-16-12-5-6-13-14(7-12)18-9-17-13/h1-7,9,16H,8,15H2. The summed E-state index contributed by atoms with van der Waals surface area (Å²) in [6.07, 6.45) is 1.45. The average molecular weight is 239 g/mol. The maximum atomic E-state index is 5.64. The number of nitrogens with one attached hydrogen (secondary N) is 1. The maximum Gasteiger partial charge on any atom is 0.181 e. The van der Waals surface area contributed by atoms with Crippen molar-refractivity contribution >= 4 is 22.5 Å². The van der Waals surface area contributed by atoms with E-state index >= 15 is 0 Å². The zero-order valence-electron chi connectivity index (χ0n) is 9.76. The Morgan fingerprint density at radius 2 is 1.94 bits per heavy atom. The van der Waals surface area contributed by atoms with Crippen molar-refractivity contribution in [2.75, 3.05) is 11.1 Å². The molecule has 0 radical (unpaired) electrons. The van der Waals surface area contributed by atoms with Crippen LogP contribution in [0.4, 0.5) is 11.4 Å². The van der Waals surface area contributed by atoms with Crippen LogP contribution in [0.25, 0.3) is 11.1 Å². The molecule has 2 aromatic carbocycles. The number of nitrogens with zero attached hydrogens (tertiary/aromatic N) is 1. The molecule has 0 saturated carbocycles. The van der Waals surface area contributed by atoms with Gasteiger partial charge >= 0.3 is 0 Å². The lowest BCUT2D eigenvalue weighted by Crippen LogP contribution is -1.99. The summed E-state index contributed by atoms with van der Waals surface area (Å²) < 4.78 is 5.26. The molecule has 3 aromatic rings. The lowest BCUT2D eigenvalue weighted by Gasteiger charge is -2.06. The van der Waals surface area contributed by atoms with Crippen molar-refractivity contribution in [2.24, 2.45) is 0 Å². The lowest BCUT2D eigenvalue weighted by atomic mass is 10.2. The van der Waals surface area contributed by atoms with Crippen molar-refractivity contribution in [3.05, 3.63) is 54.4 Å². The van der Waals surface area contributed by atoms with Crippen LogP contribution in [0.15, 0.2) is 53.3 Å². The van der Waals surface area contributed by atoms with Crippen molar-refractivity contribution in [3.63, 3.8) is 0 Å². The maximum absolute atomic E-state index is 5.64. The molecule has 3 N–H and O–H groups in total. The Labute approximate surface area is 104 Å². The minimum absolute atomic E-state index is 0.750. The van der Waals surface area contributed by atoms with Gasteiger partial charge in [0.15, 0.2) is 12.0 Å². The summed E-state index contributed by atoms with van der Waals surface area (Å²) in [7, 11) is 0. The molecule has 90 valence electrons. The predicted molar refractivity (Wildman–Crippen MR) is 72.2 cm³/mol. The third-order valence-electron chi connectivity index (χ3n) is 2.81. The van der Waals surface area contributed by atoms with Crippen LogP contribution in [-0.4, -0.2) is 4.98 Å². The third kappa shape index (κ3) is 2.13. The zero-order valence-corrected chi connectivity index (χ0v) is 9.76. The van der Waals surface area contributed by atoms with E-state index in [1.807, 2.05) is 42.5 Å². The summed E-state index contributed by atoms with van der Waals surface area (Å²) >= 11 is 0. The monoisotopic (exact) mass is 239 g/mol. The molecule has 0 saturated heterocycles. The van der Waals surface area contributed by atoms with Gasteiger partial charge in [0, 0.05) is 24.0 Å². The molecule has 1 heterocycles. The highest BCUT2D eigenvalue weighted by atomic mass is 16.3. The molecule has 0 spiro atoms. The first-order chi connectivity index (χ1) is 8.81. The Kier molecular flexibility index (Phi) is 2.61. The van der Waals surface area contributed by atoms with Crippen LogP contribution < -0.4 is 11.1 Å².